The highest BCUT2D eigenvalue weighted by molar-refractivity contribution is 6.35. The number of halogens is 3. The molecule has 2 aromatic heterocycles. The minimum absolute atomic E-state index is 0.288. The van der Waals surface area contributed by atoms with Gasteiger partial charge in [0.1, 0.15) is 5.82 Å². The van der Waals surface area contributed by atoms with Crippen LogP contribution in [-0.2, 0) is 6.54 Å². The SMILES string of the molecule is C[C@@H](NC(=O)c1nn(-c2ccc(Cl)cc2Cl)c2c1CNCC2=Cc1ccc(F)cc1)c1ccccn1. The Kier molecular flexibility index (Phi) is 6.87. The van der Waals surface area contributed by atoms with E-state index in [4.69, 9.17) is 28.3 Å². The number of aromatic nitrogens is 3. The van der Waals surface area contributed by atoms with Crippen molar-refractivity contribution in [3.05, 3.63) is 111 Å². The van der Waals surface area contributed by atoms with Gasteiger partial charge in [-0.3, -0.25) is 9.78 Å². The lowest BCUT2D eigenvalue weighted by atomic mass is 9.98. The Hall–Kier alpha value is -3.52. The van der Waals surface area contributed by atoms with Gasteiger partial charge < -0.3 is 10.6 Å². The van der Waals surface area contributed by atoms with Crippen molar-refractivity contribution < 1.29 is 9.18 Å². The summed E-state index contributed by atoms with van der Waals surface area (Å²) in [4.78, 5) is 17.8. The summed E-state index contributed by atoms with van der Waals surface area (Å²) in [5.74, 6) is -0.628. The predicted molar refractivity (Wildman–Crippen MR) is 140 cm³/mol. The van der Waals surface area contributed by atoms with Gasteiger partial charge in [0.25, 0.3) is 5.91 Å². The number of nitrogens with one attached hydrogen (secondary N) is 2. The Labute approximate surface area is 217 Å². The van der Waals surface area contributed by atoms with E-state index in [0.717, 1.165) is 28.1 Å². The summed E-state index contributed by atoms with van der Waals surface area (Å²) in [5, 5.41) is 12.0. The lowest BCUT2D eigenvalue weighted by molar-refractivity contribution is 0.0932. The summed E-state index contributed by atoms with van der Waals surface area (Å²) < 4.78 is 15.1. The molecule has 2 N–H and O–H groups in total. The van der Waals surface area contributed by atoms with Crippen LogP contribution in [0.2, 0.25) is 10.0 Å². The standard InChI is InChI=1S/C27H22Cl2FN5O/c1-16(23-4-2-3-11-32-23)33-27(36)25-21-15-31-14-18(12-17-5-8-20(30)9-6-17)26(21)35(34-25)24-10-7-19(28)13-22(24)29/h2-13,16,31H,14-15H2,1H3,(H,33,36)/t16-/m1/s1. The van der Waals surface area contributed by atoms with Crippen molar-refractivity contribution in [3.8, 4) is 5.69 Å². The van der Waals surface area contributed by atoms with Crippen molar-refractivity contribution in [2.45, 2.75) is 19.5 Å². The molecule has 1 aliphatic heterocycles. The molecular weight excluding hydrogens is 500 g/mol. The topological polar surface area (TPSA) is 71.8 Å². The zero-order chi connectivity index (χ0) is 25.2. The fraction of sp³-hybridized carbons (Fsp3) is 0.148. The second-order valence-electron chi connectivity index (χ2n) is 8.46. The van der Waals surface area contributed by atoms with Crippen LogP contribution in [0.5, 0.6) is 0 Å². The normalized spacial score (nSPS) is 14.9. The molecule has 2 aromatic carbocycles. The monoisotopic (exact) mass is 521 g/mol. The summed E-state index contributed by atoms with van der Waals surface area (Å²) in [7, 11) is 0. The predicted octanol–water partition coefficient (Wildman–Crippen LogP) is 5.85. The third-order valence-electron chi connectivity index (χ3n) is 5.95. The molecule has 0 unspecified atom stereocenters. The Morgan fingerprint density at radius 1 is 1.14 bits per heavy atom. The number of carbonyl (C=O) groups excluding carboxylic acids is 1. The average molecular weight is 522 g/mol. The quantitative estimate of drug-likeness (QED) is 0.345. The summed E-state index contributed by atoms with van der Waals surface area (Å²) in [6.45, 7) is 2.85. The van der Waals surface area contributed by atoms with E-state index in [9.17, 15) is 9.18 Å². The zero-order valence-corrected chi connectivity index (χ0v) is 20.8. The van der Waals surface area contributed by atoms with Crippen LogP contribution in [-0.4, -0.2) is 27.2 Å². The average Bonchev–Trinajstić information content (AvgIpc) is 3.26. The van der Waals surface area contributed by atoms with Crippen molar-refractivity contribution in [1.29, 1.82) is 0 Å². The number of nitrogens with zero attached hydrogens (tertiary/aromatic N) is 3. The fourth-order valence-electron chi connectivity index (χ4n) is 4.21. The van der Waals surface area contributed by atoms with Gasteiger partial charge in [-0.05, 0) is 66.6 Å². The van der Waals surface area contributed by atoms with Crippen LogP contribution in [0.15, 0.2) is 66.9 Å². The molecule has 1 amide bonds. The van der Waals surface area contributed by atoms with Gasteiger partial charge >= 0.3 is 0 Å². The molecular formula is C27H22Cl2FN5O. The van der Waals surface area contributed by atoms with E-state index in [-0.39, 0.29) is 23.5 Å². The summed E-state index contributed by atoms with van der Waals surface area (Å²) in [6.07, 6.45) is 3.64. The number of rotatable bonds is 5. The lowest BCUT2D eigenvalue weighted by Gasteiger charge is -2.20. The molecule has 0 bridgehead atoms. The van der Waals surface area contributed by atoms with E-state index in [2.05, 4.69) is 15.6 Å². The Morgan fingerprint density at radius 2 is 1.94 bits per heavy atom. The highest BCUT2D eigenvalue weighted by atomic mass is 35.5. The van der Waals surface area contributed by atoms with Crippen LogP contribution in [0.4, 0.5) is 4.39 Å². The van der Waals surface area contributed by atoms with E-state index in [1.807, 2.05) is 31.2 Å². The third-order valence-corrected chi connectivity index (χ3v) is 6.49. The van der Waals surface area contributed by atoms with Gasteiger partial charge in [0.05, 0.1) is 28.1 Å². The Bertz CT molecular complexity index is 1450. The van der Waals surface area contributed by atoms with Gasteiger partial charge in [-0.15, -0.1) is 0 Å². The number of fused-ring (bicyclic) bond motifs is 1. The molecule has 3 heterocycles. The lowest BCUT2D eigenvalue weighted by Crippen LogP contribution is -2.30. The number of hydrogen-bond acceptors (Lipinski definition) is 4. The summed E-state index contributed by atoms with van der Waals surface area (Å²) in [6, 6.07) is 16.6. The molecule has 0 fully saturated rings. The molecule has 0 saturated carbocycles. The highest BCUT2D eigenvalue weighted by Gasteiger charge is 2.29. The molecule has 0 saturated heterocycles. The largest absolute Gasteiger partial charge is 0.343 e. The number of benzene rings is 2. The van der Waals surface area contributed by atoms with Crippen LogP contribution < -0.4 is 10.6 Å². The molecule has 182 valence electrons. The molecule has 4 aromatic rings. The van der Waals surface area contributed by atoms with Gasteiger partial charge in [0, 0.05) is 29.9 Å². The van der Waals surface area contributed by atoms with Gasteiger partial charge in [0.15, 0.2) is 5.69 Å². The van der Waals surface area contributed by atoms with Crippen LogP contribution in [0.3, 0.4) is 0 Å². The minimum atomic E-state index is -0.321. The Morgan fingerprint density at radius 3 is 2.67 bits per heavy atom. The van der Waals surface area contributed by atoms with Crippen LogP contribution in [0, 0.1) is 5.82 Å². The summed E-state index contributed by atoms with van der Waals surface area (Å²) in [5.41, 5.74) is 4.85. The van der Waals surface area contributed by atoms with E-state index in [1.165, 1.54) is 12.1 Å². The molecule has 1 aliphatic rings. The first-order chi connectivity index (χ1) is 17.4. The molecule has 0 radical (unpaired) electrons. The second-order valence-corrected chi connectivity index (χ2v) is 9.30. The Balaban J connectivity index is 1.61. The van der Waals surface area contributed by atoms with E-state index >= 15 is 0 Å². The first kappa shape index (κ1) is 24.2. The van der Waals surface area contributed by atoms with E-state index in [0.29, 0.717) is 28.8 Å². The van der Waals surface area contributed by atoms with Crippen LogP contribution in [0.25, 0.3) is 17.3 Å². The molecule has 9 heteroatoms. The number of pyridine rings is 1. The minimum Gasteiger partial charge on any atom is -0.343 e. The van der Waals surface area contributed by atoms with Crippen molar-refractivity contribution in [1.82, 2.24) is 25.4 Å². The maximum absolute atomic E-state index is 13.5. The molecule has 5 rings (SSSR count). The maximum Gasteiger partial charge on any atom is 0.272 e. The fourth-order valence-corrected chi connectivity index (χ4v) is 4.70. The molecule has 0 spiro atoms. The van der Waals surface area contributed by atoms with E-state index in [1.54, 1.807) is 41.2 Å². The van der Waals surface area contributed by atoms with Crippen LogP contribution >= 0.6 is 23.2 Å². The summed E-state index contributed by atoms with van der Waals surface area (Å²) >= 11 is 12.7. The first-order valence-electron chi connectivity index (χ1n) is 11.4. The smallest absolute Gasteiger partial charge is 0.272 e. The zero-order valence-electron chi connectivity index (χ0n) is 19.3. The van der Waals surface area contributed by atoms with Crippen molar-refractivity contribution in [2.24, 2.45) is 0 Å². The first-order valence-corrected chi connectivity index (χ1v) is 12.1. The molecule has 1 atom stereocenters. The number of amides is 1. The van der Waals surface area contributed by atoms with Crippen molar-refractivity contribution in [3.63, 3.8) is 0 Å². The van der Waals surface area contributed by atoms with E-state index < -0.39 is 0 Å². The molecule has 6 nitrogen and oxygen atoms in total. The van der Waals surface area contributed by atoms with Crippen molar-refractivity contribution >= 4 is 40.8 Å². The van der Waals surface area contributed by atoms with Crippen molar-refractivity contribution in [2.75, 3.05) is 6.54 Å². The molecule has 36 heavy (non-hydrogen) atoms. The maximum atomic E-state index is 13.5. The van der Waals surface area contributed by atoms with Gasteiger partial charge in [0.2, 0.25) is 0 Å². The number of hydrogen-bond donors (Lipinski definition) is 2. The van der Waals surface area contributed by atoms with Gasteiger partial charge in [-0.1, -0.05) is 41.4 Å². The van der Waals surface area contributed by atoms with Gasteiger partial charge in [-0.2, -0.15) is 5.10 Å². The van der Waals surface area contributed by atoms with Crippen LogP contribution in [0.1, 0.15) is 46.0 Å². The highest BCUT2D eigenvalue weighted by Crippen LogP contribution is 2.33. The molecule has 0 aliphatic carbocycles. The number of carbonyl (C=O) groups is 1. The van der Waals surface area contributed by atoms with Gasteiger partial charge in [-0.25, -0.2) is 9.07 Å². The second kappa shape index (κ2) is 10.2. The third kappa shape index (κ3) is 4.91.